The summed E-state index contributed by atoms with van der Waals surface area (Å²) in [5.74, 6) is 0.188. The zero-order chi connectivity index (χ0) is 15.3. The fourth-order valence-corrected chi connectivity index (χ4v) is 3.28. The van der Waals surface area contributed by atoms with E-state index >= 15 is 0 Å². The van der Waals surface area contributed by atoms with Gasteiger partial charge in [-0.1, -0.05) is 24.3 Å². The molecule has 0 radical (unpaired) electrons. The smallest absolute Gasteiger partial charge is 0.293 e. The van der Waals surface area contributed by atoms with E-state index < -0.39 is 6.17 Å². The molecule has 1 aromatic carbocycles. The lowest BCUT2D eigenvalue weighted by Crippen LogP contribution is -2.36. The van der Waals surface area contributed by atoms with Crippen LogP contribution in [0.2, 0.25) is 0 Å². The van der Waals surface area contributed by atoms with E-state index in [2.05, 4.69) is 16.1 Å². The molecule has 0 saturated heterocycles. The number of fused-ring (bicyclic) bond motifs is 2. The Morgan fingerprint density at radius 3 is 2.86 bits per heavy atom. The van der Waals surface area contributed by atoms with Crippen molar-refractivity contribution in [1.82, 2.24) is 19.7 Å². The maximum Gasteiger partial charge on any atom is 0.293 e. The first-order chi connectivity index (χ1) is 10.6. The Morgan fingerprint density at radius 1 is 1.32 bits per heavy atom. The molecule has 0 unspecified atom stereocenters. The van der Waals surface area contributed by atoms with E-state index in [1.807, 2.05) is 25.1 Å². The summed E-state index contributed by atoms with van der Waals surface area (Å²) in [6, 6.07) is 8.08. The number of halogens is 1. The van der Waals surface area contributed by atoms with Crippen molar-refractivity contribution in [2.75, 3.05) is 6.54 Å². The largest absolute Gasteiger partial charge is 0.331 e. The summed E-state index contributed by atoms with van der Waals surface area (Å²) in [7, 11) is 0. The lowest BCUT2D eigenvalue weighted by Gasteiger charge is -2.27. The zero-order valence-electron chi connectivity index (χ0n) is 12.4. The third-order valence-electron chi connectivity index (χ3n) is 4.51. The van der Waals surface area contributed by atoms with E-state index in [1.165, 1.54) is 5.56 Å². The molecule has 114 valence electrons. The van der Waals surface area contributed by atoms with Crippen LogP contribution in [0.5, 0.6) is 0 Å². The van der Waals surface area contributed by atoms with Gasteiger partial charge in [0.05, 0.1) is 6.04 Å². The minimum absolute atomic E-state index is 0.0406. The van der Waals surface area contributed by atoms with Crippen molar-refractivity contribution in [1.29, 1.82) is 0 Å². The lowest BCUT2D eigenvalue weighted by molar-refractivity contribution is 0.0721. The van der Waals surface area contributed by atoms with Gasteiger partial charge < -0.3 is 4.90 Å². The van der Waals surface area contributed by atoms with E-state index in [0.29, 0.717) is 19.5 Å². The van der Waals surface area contributed by atoms with Crippen molar-refractivity contribution >= 4 is 5.91 Å². The normalized spacial score (nSPS) is 23.3. The Hall–Kier alpha value is -2.24. The molecule has 0 bridgehead atoms. The number of amides is 1. The van der Waals surface area contributed by atoms with Gasteiger partial charge in [-0.3, -0.25) is 4.79 Å². The molecule has 22 heavy (non-hydrogen) atoms. The highest BCUT2D eigenvalue weighted by Crippen LogP contribution is 2.35. The van der Waals surface area contributed by atoms with Gasteiger partial charge in [0.25, 0.3) is 5.91 Å². The number of alkyl halides is 1. The number of hydrogen-bond acceptors (Lipinski definition) is 3. The molecule has 2 aliphatic heterocycles. The Bertz CT molecular complexity index is 716. The summed E-state index contributed by atoms with van der Waals surface area (Å²) < 4.78 is 15.4. The molecule has 2 atom stereocenters. The fourth-order valence-electron chi connectivity index (χ4n) is 3.28. The maximum absolute atomic E-state index is 13.8. The summed E-state index contributed by atoms with van der Waals surface area (Å²) in [6.07, 6.45) is 0.101. The number of nitrogens with zero attached hydrogens (tertiary/aromatic N) is 4. The molecule has 2 aliphatic rings. The van der Waals surface area contributed by atoms with Gasteiger partial charge in [-0.05, 0) is 24.5 Å². The molecule has 2 aromatic rings. The summed E-state index contributed by atoms with van der Waals surface area (Å²) >= 11 is 0. The fraction of sp³-hybridized carbons (Fsp3) is 0.438. The van der Waals surface area contributed by atoms with Crippen molar-refractivity contribution in [3.05, 3.63) is 47.0 Å². The number of rotatable bonds is 1. The second kappa shape index (κ2) is 4.90. The third kappa shape index (κ3) is 2.01. The standard InChI is InChI=1S/C16H17FN4O/c1-10-8-13(17)15-18-14(19-21(10)15)16(22)20-7-6-11-4-2-3-5-12(11)9-20/h2-5,10,13H,6-9H2,1H3/t10-,13+/m0/s1. The minimum atomic E-state index is -1.12. The molecule has 5 nitrogen and oxygen atoms in total. The van der Waals surface area contributed by atoms with E-state index in [-0.39, 0.29) is 23.6 Å². The first kappa shape index (κ1) is 13.4. The molecule has 0 saturated carbocycles. The van der Waals surface area contributed by atoms with Gasteiger partial charge in [0.2, 0.25) is 5.82 Å². The lowest BCUT2D eigenvalue weighted by atomic mass is 10.00. The molecule has 0 fully saturated rings. The van der Waals surface area contributed by atoms with Crippen LogP contribution in [0.4, 0.5) is 4.39 Å². The second-order valence-electron chi connectivity index (χ2n) is 6.04. The average Bonchev–Trinajstić information content (AvgIpc) is 3.08. The predicted octanol–water partition coefficient (Wildman–Crippen LogP) is 2.45. The SMILES string of the molecule is C[C@H]1C[C@@H](F)c2nc(C(=O)N3CCc4ccccc4C3)nn21. The van der Waals surface area contributed by atoms with Gasteiger partial charge in [0.1, 0.15) is 0 Å². The molecule has 6 heteroatoms. The number of carbonyl (C=O) groups excluding carboxylic acids is 1. The van der Waals surface area contributed by atoms with Crippen LogP contribution in [0, 0.1) is 0 Å². The second-order valence-corrected chi connectivity index (χ2v) is 6.04. The van der Waals surface area contributed by atoms with Crippen LogP contribution in [0.1, 0.15) is 53.1 Å². The molecular weight excluding hydrogens is 283 g/mol. The van der Waals surface area contributed by atoms with Gasteiger partial charge >= 0.3 is 0 Å². The Labute approximate surface area is 127 Å². The van der Waals surface area contributed by atoms with Crippen LogP contribution in [0.3, 0.4) is 0 Å². The third-order valence-corrected chi connectivity index (χ3v) is 4.51. The Balaban J connectivity index is 1.59. The molecular formula is C16H17FN4O. The minimum Gasteiger partial charge on any atom is -0.331 e. The molecule has 1 amide bonds. The van der Waals surface area contributed by atoms with Crippen molar-refractivity contribution in [2.45, 2.75) is 38.5 Å². The molecule has 4 rings (SSSR count). The van der Waals surface area contributed by atoms with Gasteiger partial charge in [0.15, 0.2) is 12.0 Å². The van der Waals surface area contributed by atoms with Crippen LogP contribution in [0.25, 0.3) is 0 Å². The summed E-state index contributed by atoms with van der Waals surface area (Å²) in [5.41, 5.74) is 2.44. The monoisotopic (exact) mass is 300 g/mol. The van der Waals surface area contributed by atoms with Gasteiger partial charge in [0, 0.05) is 19.5 Å². The van der Waals surface area contributed by atoms with Crippen LogP contribution < -0.4 is 0 Å². The quantitative estimate of drug-likeness (QED) is 0.813. The topological polar surface area (TPSA) is 51.0 Å². The number of hydrogen-bond donors (Lipinski definition) is 0. The Kier molecular flexibility index (Phi) is 2.99. The molecule has 3 heterocycles. The van der Waals surface area contributed by atoms with Gasteiger partial charge in [-0.25, -0.2) is 14.1 Å². The van der Waals surface area contributed by atoms with Crippen molar-refractivity contribution < 1.29 is 9.18 Å². The van der Waals surface area contributed by atoms with Crippen molar-refractivity contribution in [2.24, 2.45) is 0 Å². The molecule has 0 aliphatic carbocycles. The van der Waals surface area contributed by atoms with Crippen LogP contribution in [-0.2, 0) is 13.0 Å². The highest BCUT2D eigenvalue weighted by molar-refractivity contribution is 5.90. The first-order valence-electron chi connectivity index (χ1n) is 7.60. The summed E-state index contributed by atoms with van der Waals surface area (Å²) in [6.45, 7) is 3.10. The average molecular weight is 300 g/mol. The van der Waals surface area contributed by atoms with Crippen LogP contribution >= 0.6 is 0 Å². The zero-order valence-corrected chi connectivity index (χ0v) is 12.4. The van der Waals surface area contributed by atoms with Crippen LogP contribution in [0.15, 0.2) is 24.3 Å². The van der Waals surface area contributed by atoms with Crippen LogP contribution in [-0.4, -0.2) is 32.1 Å². The first-order valence-corrected chi connectivity index (χ1v) is 7.60. The maximum atomic E-state index is 13.8. The van der Waals surface area contributed by atoms with Crippen molar-refractivity contribution in [3.63, 3.8) is 0 Å². The molecule has 0 spiro atoms. The molecule has 1 aromatic heterocycles. The number of benzene rings is 1. The summed E-state index contributed by atoms with van der Waals surface area (Å²) in [5, 5.41) is 4.23. The molecule has 0 N–H and O–H groups in total. The summed E-state index contributed by atoms with van der Waals surface area (Å²) in [4.78, 5) is 18.5. The Morgan fingerprint density at radius 2 is 2.09 bits per heavy atom. The van der Waals surface area contributed by atoms with Gasteiger partial charge in [-0.2, -0.15) is 0 Å². The van der Waals surface area contributed by atoms with Crippen molar-refractivity contribution in [3.8, 4) is 0 Å². The van der Waals surface area contributed by atoms with E-state index in [9.17, 15) is 9.18 Å². The van der Waals surface area contributed by atoms with E-state index in [4.69, 9.17) is 0 Å². The van der Waals surface area contributed by atoms with E-state index in [0.717, 1.165) is 12.0 Å². The highest BCUT2D eigenvalue weighted by atomic mass is 19.1. The predicted molar refractivity (Wildman–Crippen MR) is 78.1 cm³/mol. The van der Waals surface area contributed by atoms with E-state index in [1.54, 1.807) is 9.58 Å². The number of carbonyl (C=O) groups is 1. The number of aromatic nitrogens is 3. The highest BCUT2D eigenvalue weighted by Gasteiger charge is 2.34. The van der Waals surface area contributed by atoms with Gasteiger partial charge in [-0.15, -0.1) is 5.10 Å².